The molecule has 468 valence electrons. The summed E-state index contributed by atoms with van der Waals surface area (Å²) in [7, 11) is 9.08. The summed E-state index contributed by atoms with van der Waals surface area (Å²) < 4.78 is 72.2. The topological polar surface area (TPSA) is 291 Å². The van der Waals surface area contributed by atoms with E-state index in [1.807, 2.05) is 59.7 Å². The SMILES string of the molecule is CC(=O)O.CC(C)(C)OC(=O)N1CCC[C@@H](C(=O)NN)C1.COc1ccc(CNc2nc3cc(OC)c(F)cc3c3nc([C@@H]4CCCN(C(=O)OC(C)(C)C)C4)nn23)c(OC)c1.[C-]#[N+]c1cc(F)c(OC)cc1N=C=NCc1ccc(OC)cc1OC. The number of ether oxygens (including phenoxy) is 8. The fourth-order valence-corrected chi connectivity index (χ4v) is 8.78. The summed E-state index contributed by atoms with van der Waals surface area (Å²) in [5.41, 5.74) is 3.96. The van der Waals surface area contributed by atoms with Crippen LogP contribution >= 0.6 is 0 Å². The lowest BCUT2D eigenvalue weighted by atomic mass is 9.98. The number of carbonyl (C=O) groups is 4. The summed E-state index contributed by atoms with van der Waals surface area (Å²) in [5.74, 6) is 6.23. The summed E-state index contributed by atoms with van der Waals surface area (Å²) in [5, 5.41) is 16.1. The van der Waals surface area contributed by atoms with Crippen LogP contribution in [-0.2, 0) is 32.2 Å². The van der Waals surface area contributed by atoms with Crippen molar-refractivity contribution in [3.8, 4) is 34.5 Å². The fourth-order valence-electron chi connectivity index (χ4n) is 8.78. The summed E-state index contributed by atoms with van der Waals surface area (Å²) in [4.78, 5) is 69.1. The largest absolute Gasteiger partial charge is 0.497 e. The van der Waals surface area contributed by atoms with E-state index in [0.29, 0.717) is 84.0 Å². The van der Waals surface area contributed by atoms with Crippen molar-refractivity contribution in [2.75, 3.05) is 74.2 Å². The zero-order valence-corrected chi connectivity index (χ0v) is 51.2. The van der Waals surface area contributed by atoms with Gasteiger partial charge in [0.15, 0.2) is 34.6 Å². The smallest absolute Gasteiger partial charge is 0.410 e. The second kappa shape index (κ2) is 31.6. The molecule has 3 amide bonds. The number of amides is 3. The summed E-state index contributed by atoms with van der Waals surface area (Å²) in [6, 6.07) is 18.8. The average Bonchev–Trinajstić information content (AvgIpc) is 2.38. The van der Waals surface area contributed by atoms with Crippen LogP contribution in [0.25, 0.3) is 21.4 Å². The molecule has 8 rings (SSSR count). The first-order chi connectivity index (χ1) is 41.3. The Morgan fingerprint density at radius 3 is 1.84 bits per heavy atom. The lowest BCUT2D eigenvalue weighted by Gasteiger charge is -2.33. The number of aliphatic imine (C=N–C) groups is 2. The maximum Gasteiger partial charge on any atom is 0.410 e. The molecule has 0 unspecified atom stereocenters. The lowest BCUT2D eigenvalue weighted by molar-refractivity contribution is -0.134. The van der Waals surface area contributed by atoms with Crippen molar-refractivity contribution in [3.05, 3.63) is 101 Å². The van der Waals surface area contributed by atoms with E-state index in [0.717, 1.165) is 49.8 Å². The Kier molecular flexibility index (Phi) is 24.8. The molecule has 2 atom stereocenters. The van der Waals surface area contributed by atoms with Crippen LogP contribution < -0.4 is 45.0 Å². The number of aromatic nitrogens is 4. The number of hydrogen-bond donors (Lipinski definition) is 4. The van der Waals surface area contributed by atoms with Crippen molar-refractivity contribution >= 4 is 63.9 Å². The first kappa shape index (κ1) is 68.2. The number of piperidine rings is 2. The van der Waals surface area contributed by atoms with Crippen LogP contribution in [-0.4, -0.2) is 145 Å². The molecule has 2 saturated heterocycles. The van der Waals surface area contributed by atoms with Gasteiger partial charge in [-0.2, -0.15) is 9.51 Å². The molecule has 0 saturated carbocycles. The van der Waals surface area contributed by atoms with Crippen LogP contribution in [0.3, 0.4) is 0 Å². The average molecular weight is 1210 g/mol. The van der Waals surface area contributed by atoms with E-state index in [1.165, 1.54) is 26.4 Å². The van der Waals surface area contributed by atoms with Gasteiger partial charge in [0.25, 0.3) is 5.97 Å². The molecule has 6 aromatic rings. The third-order valence-corrected chi connectivity index (χ3v) is 12.9. The molecule has 87 heavy (non-hydrogen) atoms. The quantitative estimate of drug-likeness (QED) is 0.0259. The second-order valence-electron chi connectivity index (χ2n) is 21.5. The molecule has 4 heterocycles. The van der Waals surface area contributed by atoms with Crippen molar-refractivity contribution in [2.45, 2.75) is 104 Å². The molecule has 0 bridgehead atoms. The van der Waals surface area contributed by atoms with E-state index >= 15 is 0 Å². The van der Waals surface area contributed by atoms with Crippen LogP contribution in [0, 0.1) is 24.1 Å². The molecule has 25 nitrogen and oxygen atoms in total. The van der Waals surface area contributed by atoms with E-state index in [1.54, 1.807) is 67.0 Å². The van der Waals surface area contributed by atoms with Gasteiger partial charge in [0.2, 0.25) is 17.5 Å². The number of nitrogens with zero attached hydrogens (tertiary/aromatic N) is 9. The third kappa shape index (κ3) is 19.8. The Labute approximate surface area is 503 Å². The zero-order chi connectivity index (χ0) is 64.2. The molecule has 0 radical (unpaired) electrons. The number of hydrogen-bond acceptors (Lipinski definition) is 19. The standard InChI is InChI=1S/C29H35FN6O5.C18H16FN3O3.C11H21N3O3.C2H4O2/c1-29(2,3)41-28(37)35-11-7-8-18(16-35)25-33-26-20-13-21(30)24(40-6)14-22(20)32-27(36(26)34-25)31-15-17-9-10-19(38-4)12-23(17)39-5;1-20-15-8-14(19)18(25-4)9-16(15)22-11-21-10-12-5-6-13(23-2)7-17(12)24-3;1-11(2,3)17-10(16)14-6-4-5-8(7-14)9(15)13-12;1-2(3)4/h9-10,12-14,18H,7-8,11,15-16H2,1-6H3,(H,31,32);5-9H,10H2,2-4H3;8H,4-7,12H2,1-3H3,(H,13,15);1H3,(H,3,4)/t18-;;8-;/m1.1./s1. The van der Waals surface area contributed by atoms with Gasteiger partial charge in [-0.1, -0.05) is 0 Å². The number of likely N-dealkylation sites (tertiary alicyclic amines) is 2. The predicted octanol–water partition coefficient (Wildman–Crippen LogP) is 10.3. The van der Waals surface area contributed by atoms with Crippen LogP contribution in [0.5, 0.6) is 34.5 Å². The highest BCUT2D eigenvalue weighted by Crippen LogP contribution is 2.35. The maximum atomic E-state index is 14.8. The summed E-state index contributed by atoms with van der Waals surface area (Å²) >= 11 is 0. The Morgan fingerprint density at radius 2 is 1.29 bits per heavy atom. The number of carboxylic acid groups (broad SMARTS) is 1. The molecule has 2 aromatic heterocycles. The monoisotopic (exact) mass is 1210 g/mol. The molecular formula is C60H76F2N12O13. The number of hydrazine groups is 1. The van der Waals surface area contributed by atoms with Gasteiger partial charge in [-0.05, 0) is 110 Å². The van der Waals surface area contributed by atoms with E-state index in [2.05, 4.69) is 31.6 Å². The summed E-state index contributed by atoms with van der Waals surface area (Å²) in [6.45, 7) is 21.8. The lowest BCUT2D eigenvalue weighted by Crippen LogP contribution is -2.48. The minimum absolute atomic E-state index is 0.00442. The Morgan fingerprint density at radius 1 is 0.747 bits per heavy atom. The number of rotatable bonds is 14. The van der Waals surface area contributed by atoms with Crippen molar-refractivity contribution in [1.29, 1.82) is 0 Å². The van der Waals surface area contributed by atoms with Gasteiger partial charge in [-0.3, -0.25) is 15.0 Å². The minimum atomic E-state index is -0.833. The van der Waals surface area contributed by atoms with Crippen molar-refractivity contribution in [1.82, 2.24) is 34.8 Å². The van der Waals surface area contributed by atoms with Crippen LogP contribution in [0.1, 0.15) is 97.0 Å². The molecule has 0 spiro atoms. The minimum Gasteiger partial charge on any atom is -0.497 e. The zero-order valence-electron chi connectivity index (χ0n) is 51.2. The van der Waals surface area contributed by atoms with Gasteiger partial charge in [0.1, 0.15) is 34.2 Å². The Hall–Kier alpha value is -9.54. The van der Waals surface area contributed by atoms with Crippen LogP contribution in [0.4, 0.5) is 35.7 Å². The van der Waals surface area contributed by atoms with E-state index < -0.39 is 28.8 Å². The third-order valence-electron chi connectivity index (χ3n) is 12.9. The number of benzene rings is 4. The van der Waals surface area contributed by atoms with Gasteiger partial charge in [-0.25, -0.2) is 44.0 Å². The number of carboxylic acids is 1. The molecule has 5 N–H and O–H groups in total. The highest BCUT2D eigenvalue weighted by Gasteiger charge is 2.33. The Bertz CT molecular complexity index is 3480. The number of anilines is 1. The fraction of sp³-hybridized carbons (Fsp3) is 0.450. The van der Waals surface area contributed by atoms with Crippen LogP contribution in [0.15, 0.2) is 70.6 Å². The van der Waals surface area contributed by atoms with Crippen molar-refractivity contribution in [2.24, 2.45) is 21.7 Å². The van der Waals surface area contributed by atoms with Gasteiger partial charge in [0, 0.05) is 80.3 Å². The predicted molar refractivity (Wildman–Crippen MR) is 320 cm³/mol. The molecule has 27 heteroatoms. The number of halogens is 2. The second-order valence-corrected chi connectivity index (χ2v) is 21.5. The molecular weight excluding hydrogens is 1130 g/mol. The normalized spacial score (nSPS) is 14.5. The van der Waals surface area contributed by atoms with Crippen LogP contribution in [0.2, 0.25) is 0 Å². The van der Waals surface area contributed by atoms with Crippen molar-refractivity contribution < 1.29 is 71.0 Å². The molecule has 2 fully saturated rings. The molecule has 2 aliphatic heterocycles. The molecule has 0 aliphatic carbocycles. The van der Waals surface area contributed by atoms with E-state index in [-0.39, 0.29) is 59.3 Å². The van der Waals surface area contributed by atoms with Gasteiger partial charge < -0.3 is 58.1 Å². The highest BCUT2D eigenvalue weighted by atomic mass is 19.1. The van der Waals surface area contributed by atoms with Gasteiger partial charge in [0.05, 0.1) is 78.9 Å². The summed E-state index contributed by atoms with van der Waals surface area (Å²) in [6.07, 6.45) is 2.40. The van der Waals surface area contributed by atoms with Crippen molar-refractivity contribution in [3.63, 3.8) is 0 Å². The van der Waals surface area contributed by atoms with E-state index in [4.69, 9.17) is 75.3 Å². The Balaban J connectivity index is 0.000000254. The first-order valence-electron chi connectivity index (χ1n) is 27.4. The number of methoxy groups -OCH3 is 6. The van der Waals surface area contributed by atoms with Gasteiger partial charge in [-0.15, -0.1) is 5.10 Å². The van der Waals surface area contributed by atoms with Gasteiger partial charge >= 0.3 is 12.2 Å². The van der Waals surface area contributed by atoms with E-state index in [9.17, 15) is 23.2 Å². The molecule has 4 aromatic carbocycles. The number of carbonyl (C=O) groups excluding carboxylic acids is 3. The number of aliphatic carboxylic acids is 1. The first-order valence-corrected chi connectivity index (χ1v) is 27.4. The number of fused-ring (bicyclic) bond motifs is 3. The number of nitrogens with one attached hydrogen (secondary N) is 2. The molecule has 2 aliphatic rings. The number of nitrogens with two attached hydrogens (primary N) is 1. The maximum absolute atomic E-state index is 14.8. The highest BCUT2D eigenvalue weighted by molar-refractivity contribution is 5.93.